The maximum atomic E-state index is 11.6. The van der Waals surface area contributed by atoms with Crippen LogP contribution >= 0.6 is 15.9 Å². The highest BCUT2D eigenvalue weighted by Gasteiger charge is 2.21. The predicted octanol–water partition coefficient (Wildman–Crippen LogP) is 0.786. The lowest BCUT2D eigenvalue weighted by Gasteiger charge is -2.10. The molecule has 2 amide bonds. The van der Waals surface area contributed by atoms with E-state index in [4.69, 9.17) is 0 Å². The molecule has 1 aromatic rings. The minimum Gasteiger partial charge on any atom is -0.356 e. The molecule has 2 heterocycles. The van der Waals surface area contributed by atoms with Crippen molar-refractivity contribution in [2.45, 2.75) is 18.9 Å². The van der Waals surface area contributed by atoms with Gasteiger partial charge in [-0.05, 0) is 28.4 Å². The monoisotopic (exact) mass is 285 g/mol. The number of amides is 2. The van der Waals surface area contributed by atoms with Crippen molar-refractivity contribution in [3.05, 3.63) is 22.4 Å². The molecule has 16 heavy (non-hydrogen) atoms. The van der Waals surface area contributed by atoms with E-state index in [0.29, 0.717) is 18.7 Å². The molecule has 6 heteroatoms. The molecule has 1 aromatic heterocycles. The minimum atomic E-state index is -0.160. The highest BCUT2D eigenvalue weighted by molar-refractivity contribution is 9.10. The summed E-state index contributed by atoms with van der Waals surface area (Å²) in [4.78, 5) is 25.4. The third-order valence-corrected chi connectivity index (χ3v) is 2.94. The molecule has 3 N–H and O–H groups in total. The van der Waals surface area contributed by atoms with Crippen molar-refractivity contribution < 1.29 is 9.59 Å². The highest BCUT2D eigenvalue weighted by atomic mass is 79.9. The second-order valence-corrected chi connectivity index (χ2v) is 4.66. The van der Waals surface area contributed by atoms with Crippen molar-refractivity contribution in [3.63, 3.8) is 0 Å². The van der Waals surface area contributed by atoms with E-state index in [1.54, 1.807) is 12.3 Å². The first-order valence-electron chi connectivity index (χ1n) is 5.06. The summed E-state index contributed by atoms with van der Waals surface area (Å²) in [6.45, 7) is 0.473. The number of aromatic nitrogens is 1. The zero-order chi connectivity index (χ0) is 11.5. The van der Waals surface area contributed by atoms with E-state index in [2.05, 4.69) is 31.5 Å². The van der Waals surface area contributed by atoms with Crippen LogP contribution in [-0.4, -0.2) is 29.4 Å². The van der Waals surface area contributed by atoms with Gasteiger partial charge < -0.3 is 15.6 Å². The van der Waals surface area contributed by atoms with Gasteiger partial charge in [0.1, 0.15) is 5.69 Å². The third-order valence-electron chi connectivity index (χ3n) is 2.49. The van der Waals surface area contributed by atoms with Gasteiger partial charge in [-0.15, -0.1) is 0 Å². The molecule has 86 valence electrons. The molecule has 2 rings (SSSR count). The number of hydrogen-bond acceptors (Lipinski definition) is 2. The number of carbonyl (C=O) groups is 2. The quantitative estimate of drug-likeness (QED) is 0.768. The van der Waals surface area contributed by atoms with Crippen LogP contribution < -0.4 is 10.6 Å². The normalized spacial score (nSPS) is 19.6. The Balaban J connectivity index is 1.82. The lowest BCUT2D eigenvalue weighted by Crippen LogP contribution is -2.38. The molecule has 0 radical (unpaired) electrons. The van der Waals surface area contributed by atoms with Gasteiger partial charge in [-0.3, -0.25) is 9.59 Å². The van der Waals surface area contributed by atoms with Gasteiger partial charge >= 0.3 is 0 Å². The van der Waals surface area contributed by atoms with Gasteiger partial charge in [-0.1, -0.05) is 0 Å². The summed E-state index contributed by atoms with van der Waals surface area (Å²) in [6, 6.07) is 1.78. The lowest BCUT2D eigenvalue weighted by molar-refractivity contribution is -0.119. The average Bonchev–Trinajstić information content (AvgIpc) is 2.84. The first kappa shape index (κ1) is 11.2. The first-order valence-corrected chi connectivity index (χ1v) is 5.86. The molecular weight excluding hydrogens is 274 g/mol. The van der Waals surface area contributed by atoms with Gasteiger partial charge in [0.2, 0.25) is 5.91 Å². The minimum absolute atomic E-state index is 0.0573. The number of halogens is 1. The van der Waals surface area contributed by atoms with Crippen molar-refractivity contribution in [2.75, 3.05) is 6.54 Å². The van der Waals surface area contributed by atoms with Gasteiger partial charge in [0.15, 0.2) is 0 Å². The van der Waals surface area contributed by atoms with Gasteiger partial charge in [0.25, 0.3) is 5.91 Å². The number of rotatable bonds is 3. The van der Waals surface area contributed by atoms with E-state index in [1.165, 1.54) is 0 Å². The van der Waals surface area contributed by atoms with Crippen LogP contribution in [0.1, 0.15) is 23.3 Å². The number of carbonyl (C=O) groups excluding carboxylic acids is 2. The van der Waals surface area contributed by atoms with E-state index >= 15 is 0 Å². The lowest BCUT2D eigenvalue weighted by atomic mass is 10.2. The van der Waals surface area contributed by atoms with Crippen LogP contribution in [0.5, 0.6) is 0 Å². The Labute approximate surface area is 101 Å². The topological polar surface area (TPSA) is 74.0 Å². The molecule has 1 saturated heterocycles. The Hall–Kier alpha value is -1.30. The van der Waals surface area contributed by atoms with E-state index in [1.807, 2.05) is 0 Å². The van der Waals surface area contributed by atoms with Gasteiger partial charge in [-0.2, -0.15) is 0 Å². The van der Waals surface area contributed by atoms with E-state index in [0.717, 1.165) is 10.9 Å². The molecule has 1 aliphatic rings. The Kier molecular flexibility index (Phi) is 3.28. The van der Waals surface area contributed by atoms with Crippen LogP contribution in [0.25, 0.3) is 0 Å². The molecule has 1 atom stereocenters. The van der Waals surface area contributed by atoms with Crippen molar-refractivity contribution in [1.29, 1.82) is 0 Å². The second kappa shape index (κ2) is 4.69. The predicted molar refractivity (Wildman–Crippen MR) is 62.0 cm³/mol. The van der Waals surface area contributed by atoms with Crippen LogP contribution in [0.15, 0.2) is 16.7 Å². The van der Waals surface area contributed by atoms with Crippen LogP contribution in [0.3, 0.4) is 0 Å². The summed E-state index contributed by atoms with van der Waals surface area (Å²) >= 11 is 3.26. The van der Waals surface area contributed by atoms with Gasteiger partial charge in [0.05, 0.1) is 0 Å². The second-order valence-electron chi connectivity index (χ2n) is 3.74. The van der Waals surface area contributed by atoms with Crippen molar-refractivity contribution in [3.8, 4) is 0 Å². The van der Waals surface area contributed by atoms with Gasteiger partial charge in [-0.25, -0.2) is 0 Å². The molecule has 0 aliphatic carbocycles. The molecule has 1 fully saturated rings. The van der Waals surface area contributed by atoms with Crippen molar-refractivity contribution >= 4 is 27.7 Å². The van der Waals surface area contributed by atoms with Crippen LogP contribution in [-0.2, 0) is 4.79 Å². The summed E-state index contributed by atoms with van der Waals surface area (Å²) in [5, 5.41) is 5.56. The fraction of sp³-hybridized carbons (Fsp3) is 0.400. The number of aromatic amines is 1. The molecule has 5 nitrogen and oxygen atoms in total. The maximum Gasteiger partial charge on any atom is 0.267 e. The SMILES string of the molecule is O=C1CCC(CNC(=O)c2cc(Br)c[nH]2)N1. The molecule has 1 unspecified atom stereocenters. The van der Waals surface area contributed by atoms with Crippen LogP contribution in [0.2, 0.25) is 0 Å². The molecule has 0 spiro atoms. The standard InChI is InChI=1S/C10H12BrN3O2/c11-6-3-8(12-4-6)10(16)13-5-7-1-2-9(15)14-7/h3-4,7,12H,1-2,5H2,(H,13,16)(H,14,15). The number of H-pyrrole nitrogens is 1. The largest absolute Gasteiger partial charge is 0.356 e. The zero-order valence-corrected chi connectivity index (χ0v) is 10.1. The first-order chi connectivity index (χ1) is 7.65. The molecular formula is C10H12BrN3O2. The fourth-order valence-electron chi connectivity index (χ4n) is 1.64. The molecule has 0 aromatic carbocycles. The van der Waals surface area contributed by atoms with E-state index < -0.39 is 0 Å². The number of nitrogens with one attached hydrogen (secondary N) is 3. The smallest absolute Gasteiger partial charge is 0.267 e. The molecule has 0 saturated carbocycles. The summed E-state index contributed by atoms with van der Waals surface area (Å²) in [5.41, 5.74) is 0.510. The molecule has 1 aliphatic heterocycles. The Morgan fingerprint density at radius 1 is 1.62 bits per heavy atom. The average molecular weight is 286 g/mol. The Bertz CT molecular complexity index is 416. The van der Waals surface area contributed by atoms with E-state index in [9.17, 15) is 9.59 Å². The summed E-state index contributed by atoms with van der Waals surface area (Å²) in [5.74, 6) is -0.103. The zero-order valence-electron chi connectivity index (χ0n) is 8.55. The van der Waals surface area contributed by atoms with Crippen LogP contribution in [0, 0.1) is 0 Å². The highest BCUT2D eigenvalue weighted by Crippen LogP contribution is 2.10. The molecule has 0 bridgehead atoms. The maximum absolute atomic E-state index is 11.6. The summed E-state index contributed by atoms with van der Waals surface area (Å²) < 4.78 is 0.840. The van der Waals surface area contributed by atoms with Gasteiger partial charge in [0, 0.05) is 29.7 Å². The Morgan fingerprint density at radius 3 is 3.00 bits per heavy atom. The van der Waals surface area contributed by atoms with Crippen molar-refractivity contribution in [2.24, 2.45) is 0 Å². The van der Waals surface area contributed by atoms with Crippen LogP contribution in [0.4, 0.5) is 0 Å². The third kappa shape index (κ3) is 2.63. The summed E-state index contributed by atoms with van der Waals surface area (Å²) in [7, 11) is 0. The van der Waals surface area contributed by atoms with Crippen molar-refractivity contribution in [1.82, 2.24) is 15.6 Å². The summed E-state index contributed by atoms with van der Waals surface area (Å²) in [6.07, 6.45) is 3.04. The number of hydrogen-bond donors (Lipinski definition) is 3. The van der Waals surface area contributed by atoms with E-state index in [-0.39, 0.29) is 17.9 Å². The fourth-order valence-corrected chi connectivity index (χ4v) is 1.98. The Morgan fingerprint density at radius 2 is 2.44 bits per heavy atom.